The van der Waals surface area contributed by atoms with E-state index in [0.717, 1.165) is 16.7 Å². The predicted molar refractivity (Wildman–Crippen MR) is 116 cm³/mol. The molecule has 0 radical (unpaired) electrons. The summed E-state index contributed by atoms with van der Waals surface area (Å²) in [5.74, 6) is 0.635. The number of rotatable bonds is 6. The van der Waals surface area contributed by atoms with Crippen molar-refractivity contribution in [1.29, 1.82) is 0 Å². The molecule has 3 aromatic rings. The number of carbonyl (C=O) groups is 1. The van der Waals surface area contributed by atoms with Crippen molar-refractivity contribution < 1.29 is 9.53 Å². The Hall–Kier alpha value is -2.81. The molecule has 3 rings (SSSR count). The first kappa shape index (κ1) is 19.9. The van der Waals surface area contributed by atoms with Crippen molar-refractivity contribution in [2.24, 2.45) is 0 Å². The number of amides is 1. The average Bonchev–Trinajstić information content (AvgIpc) is 2.70. The fourth-order valence-electron chi connectivity index (χ4n) is 3.26. The SMILES string of the molecule is CC[C@@H](Oc1ccc(C(C)(C)C)cc1)C(=O)NCc1cccc2ccccc12. The number of benzene rings is 3. The maximum Gasteiger partial charge on any atom is 0.261 e. The molecule has 0 aliphatic heterocycles. The molecular weight excluding hydrogens is 346 g/mol. The van der Waals surface area contributed by atoms with Gasteiger partial charge in [-0.1, -0.05) is 82.3 Å². The number of fused-ring (bicyclic) bond motifs is 1. The van der Waals surface area contributed by atoms with Gasteiger partial charge in [-0.05, 0) is 45.9 Å². The smallest absolute Gasteiger partial charge is 0.261 e. The van der Waals surface area contributed by atoms with Gasteiger partial charge in [-0.2, -0.15) is 0 Å². The monoisotopic (exact) mass is 375 g/mol. The minimum Gasteiger partial charge on any atom is -0.481 e. The molecule has 3 nitrogen and oxygen atoms in total. The van der Waals surface area contributed by atoms with E-state index in [0.29, 0.717) is 13.0 Å². The Morgan fingerprint density at radius 2 is 1.64 bits per heavy atom. The summed E-state index contributed by atoms with van der Waals surface area (Å²) >= 11 is 0. The van der Waals surface area contributed by atoms with Gasteiger partial charge in [-0.3, -0.25) is 4.79 Å². The van der Waals surface area contributed by atoms with Gasteiger partial charge in [0.05, 0.1) is 0 Å². The molecule has 0 unspecified atom stereocenters. The van der Waals surface area contributed by atoms with Crippen LogP contribution in [-0.4, -0.2) is 12.0 Å². The summed E-state index contributed by atoms with van der Waals surface area (Å²) in [6.45, 7) is 8.99. The van der Waals surface area contributed by atoms with E-state index in [1.165, 1.54) is 10.9 Å². The molecule has 0 saturated carbocycles. The maximum absolute atomic E-state index is 12.7. The Morgan fingerprint density at radius 3 is 2.32 bits per heavy atom. The van der Waals surface area contributed by atoms with Crippen LogP contribution in [0.4, 0.5) is 0 Å². The van der Waals surface area contributed by atoms with Gasteiger partial charge in [-0.15, -0.1) is 0 Å². The molecule has 146 valence electrons. The Labute approximate surface area is 167 Å². The van der Waals surface area contributed by atoms with E-state index in [4.69, 9.17) is 4.74 Å². The predicted octanol–water partition coefficient (Wildman–Crippen LogP) is 5.61. The second kappa shape index (κ2) is 8.47. The van der Waals surface area contributed by atoms with Crippen LogP contribution in [0.5, 0.6) is 5.75 Å². The van der Waals surface area contributed by atoms with Gasteiger partial charge in [0.1, 0.15) is 5.75 Å². The van der Waals surface area contributed by atoms with E-state index in [1.54, 1.807) is 0 Å². The van der Waals surface area contributed by atoms with Gasteiger partial charge >= 0.3 is 0 Å². The lowest BCUT2D eigenvalue weighted by atomic mass is 9.87. The molecule has 0 bridgehead atoms. The third kappa shape index (κ3) is 4.72. The van der Waals surface area contributed by atoms with Gasteiger partial charge in [0.25, 0.3) is 5.91 Å². The summed E-state index contributed by atoms with van der Waals surface area (Å²) in [5, 5.41) is 5.38. The quantitative estimate of drug-likeness (QED) is 0.608. The number of ether oxygens (including phenoxy) is 1. The molecule has 0 heterocycles. The Kier molecular flexibility index (Phi) is 6.03. The first-order valence-electron chi connectivity index (χ1n) is 9.90. The zero-order valence-corrected chi connectivity index (χ0v) is 17.2. The largest absolute Gasteiger partial charge is 0.481 e. The molecule has 3 aromatic carbocycles. The van der Waals surface area contributed by atoms with Crippen LogP contribution in [0.3, 0.4) is 0 Å². The minimum atomic E-state index is -0.504. The molecular formula is C25H29NO2. The normalized spacial score (nSPS) is 12.6. The number of hydrogen-bond donors (Lipinski definition) is 1. The van der Waals surface area contributed by atoms with Crippen LogP contribution in [0.25, 0.3) is 10.8 Å². The van der Waals surface area contributed by atoms with Crippen LogP contribution in [-0.2, 0) is 16.8 Å². The molecule has 1 N–H and O–H groups in total. The highest BCUT2D eigenvalue weighted by molar-refractivity contribution is 5.86. The van der Waals surface area contributed by atoms with Crippen LogP contribution in [0.1, 0.15) is 45.2 Å². The van der Waals surface area contributed by atoms with Crippen LogP contribution in [0.15, 0.2) is 66.7 Å². The van der Waals surface area contributed by atoms with Crippen LogP contribution < -0.4 is 10.1 Å². The molecule has 0 spiro atoms. The summed E-state index contributed by atoms with van der Waals surface area (Å²) in [7, 11) is 0. The zero-order valence-electron chi connectivity index (χ0n) is 17.2. The number of nitrogens with one attached hydrogen (secondary N) is 1. The highest BCUT2D eigenvalue weighted by Gasteiger charge is 2.19. The number of carbonyl (C=O) groups excluding carboxylic acids is 1. The molecule has 0 saturated heterocycles. The second-order valence-electron chi connectivity index (χ2n) is 8.15. The molecule has 1 amide bonds. The Balaban J connectivity index is 1.65. The lowest BCUT2D eigenvalue weighted by Gasteiger charge is -2.21. The van der Waals surface area contributed by atoms with Gasteiger partial charge in [-0.25, -0.2) is 0 Å². The molecule has 28 heavy (non-hydrogen) atoms. The lowest BCUT2D eigenvalue weighted by molar-refractivity contribution is -0.128. The second-order valence-corrected chi connectivity index (χ2v) is 8.15. The molecule has 1 atom stereocenters. The van der Waals surface area contributed by atoms with Crippen molar-refractivity contribution in [1.82, 2.24) is 5.32 Å². The van der Waals surface area contributed by atoms with E-state index in [2.05, 4.69) is 62.5 Å². The zero-order chi connectivity index (χ0) is 20.1. The Bertz CT molecular complexity index is 933. The van der Waals surface area contributed by atoms with E-state index >= 15 is 0 Å². The lowest BCUT2D eigenvalue weighted by Crippen LogP contribution is -2.37. The van der Waals surface area contributed by atoms with Crippen LogP contribution in [0.2, 0.25) is 0 Å². The fourth-order valence-corrected chi connectivity index (χ4v) is 3.26. The summed E-state index contributed by atoms with van der Waals surface area (Å²) in [6, 6.07) is 22.4. The van der Waals surface area contributed by atoms with Gasteiger partial charge in [0, 0.05) is 6.54 Å². The van der Waals surface area contributed by atoms with Crippen LogP contribution >= 0.6 is 0 Å². The summed E-state index contributed by atoms with van der Waals surface area (Å²) < 4.78 is 5.96. The van der Waals surface area contributed by atoms with Gasteiger partial charge < -0.3 is 10.1 Å². The van der Waals surface area contributed by atoms with E-state index < -0.39 is 6.10 Å². The third-order valence-electron chi connectivity index (χ3n) is 4.99. The average molecular weight is 376 g/mol. The first-order chi connectivity index (χ1) is 13.4. The van der Waals surface area contributed by atoms with Crippen molar-refractivity contribution in [3.8, 4) is 5.75 Å². The van der Waals surface area contributed by atoms with Crippen molar-refractivity contribution in [3.63, 3.8) is 0 Å². The fraction of sp³-hybridized carbons (Fsp3) is 0.320. The van der Waals surface area contributed by atoms with Crippen molar-refractivity contribution >= 4 is 16.7 Å². The van der Waals surface area contributed by atoms with Crippen molar-refractivity contribution in [2.75, 3.05) is 0 Å². The summed E-state index contributed by atoms with van der Waals surface area (Å²) in [5.41, 5.74) is 2.45. The topological polar surface area (TPSA) is 38.3 Å². The number of hydrogen-bond acceptors (Lipinski definition) is 2. The van der Waals surface area contributed by atoms with Crippen LogP contribution in [0, 0.1) is 0 Å². The maximum atomic E-state index is 12.7. The summed E-state index contributed by atoms with van der Waals surface area (Å²) in [6.07, 6.45) is 0.109. The van der Waals surface area contributed by atoms with E-state index in [9.17, 15) is 4.79 Å². The Morgan fingerprint density at radius 1 is 0.964 bits per heavy atom. The molecule has 0 aliphatic rings. The van der Waals surface area contributed by atoms with Crippen molar-refractivity contribution in [3.05, 3.63) is 77.9 Å². The van der Waals surface area contributed by atoms with E-state index in [-0.39, 0.29) is 11.3 Å². The standard InChI is InChI=1S/C25H29NO2/c1-5-23(28-21-15-13-20(14-16-21)25(2,3)4)24(27)26-17-19-11-8-10-18-9-6-7-12-22(18)19/h6-16,23H,5,17H2,1-4H3,(H,26,27)/t23-/m1/s1. The highest BCUT2D eigenvalue weighted by atomic mass is 16.5. The molecule has 0 aliphatic carbocycles. The molecule has 0 fully saturated rings. The highest BCUT2D eigenvalue weighted by Crippen LogP contribution is 2.25. The third-order valence-corrected chi connectivity index (χ3v) is 4.99. The molecule has 3 heteroatoms. The van der Waals surface area contributed by atoms with Gasteiger partial charge in [0.15, 0.2) is 6.10 Å². The minimum absolute atomic E-state index is 0.0877. The van der Waals surface area contributed by atoms with Gasteiger partial charge in [0.2, 0.25) is 0 Å². The van der Waals surface area contributed by atoms with E-state index in [1.807, 2.05) is 37.3 Å². The first-order valence-corrected chi connectivity index (χ1v) is 9.90. The summed E-state index contributed by atoms with van der Waals surface area (Å²) in [4.78, 5) is 12.7. The van der Waals surface area contributed by atoms with Crippen molar-refractivity contribution in [2.45, 2.75) is 52.2 Å². The molecule has 0 aromatic heterocycles.